The molecule has 7 nitrogen and oxygen atoms in total. The molecule has 0 spiro atoms. The number of carbonyl (C=O) groups excluding carboxylic acids is 1. The molecule has 0 fully saturated rings. The quantitative estimate of drug-likeness (QED) is 0.672. The Hall–Kier alpha value is -3.00. The van der Waals surface area contributed by atoms with Crippen molar-refractivity contribution in [3.8, 4) is 11.3 Å². The minimum atomic E-state index is -3.46. The van der Waals surface area contributed by atoms with Crippen LogP contribution in [-0.2, 0) is 28.2 Å². The van der Waals surface area contributed by atoms with E-state index in [1.165, 1.54) is 12.1 Å². The summed E-state index contributed by atoms with van der Waals surface area (Å²) in [5, 5.41) is 7.10. The number of aryl methyl sites for hydroxylation is 1. The maximum absolute atomic E-state index is 12.2. The highest BCUT2D eigenvalue weighted by Crippen LogP contribution is 2.18. The molecule has 1 aromatic carbocycles. The molecular formula is C19H20N4O3S. The van der Waals surface area contributed by atoms with Gasteiger partial charge in [-0.3, -0.25) is 14.5 Å². The summed E-state index contributed by atoms with van der Waals surface area (Å²) in [4.78, 5) is 16.3. The lowest BCUT2D eigenvalue weighted by atomic mass is 10.2. The SMILES string of the molecule is Cn1nc(CNC(=O)CCS(=O)(=O)c2ccccc2)cc1-c1ccncc1. The first-order valence-corrected chi connectivity index (χ1v) is 10.1. The highest BCUT2D eigenvalue weighted by atomic mass is 32.2. The van der Waals surface area contributed by atoms with Gasteiger partial charge in [-0.05, 0) is 30.3 Å². The van der Waals surface area contributed by atoms with Crippen molar-refractivity contribution in [2.24, 2.45) is 7.05 Å². The van der Waals surface area contributed by atoms with E-state index in [2.05, 4.69) is 15.4 Å². The monoisotopic (exact) mass is 384 g/mol. The lowest BCUT2D eigenvalue weighted by molar-refractivity contribution is -0.120. The maximum Gasteiger partial charge on any atom is 0.221 e. The molecule has 3 rings (SSSR count). The topological polar surface area (TPSA) is 94.0 Å². The molecule has 2 aromatic heterocycles. The van der Waals surface area contributed by atoms with E-state index < -0.39 is 9.84 Å². The Balaban J connectivity index is 1.56. The fraction of sp³-hybridized carbons (Fsp3) is 0.211. The van der Waals surface area contributed by atoms with E-state index in [0.29, 0.717) is 5.69 Å². The lowest BCUT2D eigenvalue weighted by Gasteiger charge is -2.05. The van der Waals surface area contributed by atoms with Crippen LogP contribution in [0.2, 0.25) is 0 Å². The molecule has 0 aliphatic heterocycles. The number of nitrogens with zero attached hydrogens (tertiary/aromatic N) is 3. The molecule has 0 atom stereocenters. The number of carbonyl (C=O) groups is 1. The van der Waals surface area contributed by atoms with Gasteiger partial charge in [-0.15, -0.1) is 0 Å². The minimum Gasteiger partial charge on any atom is -0.350 e. The molecule has 140 valence electrons. The molecule has 1 N–H and O–H groups in total. The Labute approximate surface area is 158 Å². The summed E-state index contributed by atoms with van der Waals surface area (Å²) in [5.74, 6) is -0.557. The van der Waals surface area contributed by atoms with E-state index in [-0.39, 0.29) is 29.5 Å². The van der Waals surface area contributed by atoms with Crippen LogP contribution < -0.4 is 5.32 Å². The average Bonchev–Trinajstić information content (AvgIpc) is 3.07. The van der Waals surface area contributed by atoms with Crippen LogP contribution in [-0.4, -0.2) is 34.8 Å². The third-order valence-corrected chi connectivity index (χ3v) is 5.81. The van der Waals surface area contributed by atoms with Gasteiger partial charge in [0.1, 0.15) is 0 Å². The predicted molar refractivity (Wildman–Crippen MR) is 101 cm³/mol. The first kappa shape index (κ1) is 18.8. The molecule has 3 aromatic rings. The number of hydrogen-bond acceptors (Lipinski definition) is 5. The highest BCUT2D eigenvalue weighted by Gasteiger charge is 2.16. The van der Waals surface area contributed by atoms with Gasteiger partial charge in [0, 0.05) is 31.4 Å². The Morgan fingerprint density at radius 3 is 2.52 bits per heavy atom. The third-order valence-electron chi connectivity index (χ3n) is 4.07. The lowest BCUT2D eigenvalue weighted by Crippen LogP contribution is -2.25. The Kier molecular flexibility index (Phi) is 5.66. The minimum absolute atomic E-state index is 0.0960. The number of nitrogens with one attached hydrogen (secondary N) is 1. The second kappa shape index (κ2) is 8.13. The summed E-state index contributed by atoms with van der Waals surface area (Å²) in [6, 6.07) is 13.8. The van der Waals surface area contributed by atoms with Gasteiger partial charge in [0.05, 0.1) is 28.6 Å². The van der Waals surface area contributed by atoms with Gasteiger partial charge < -0.3 is 5.32 Å². The summed E-state index contributed by atoms with van der Waals surface area (Å²) in [7, 11) is -1.64. The number of sulfone groups is 1. The van der Waals surface area contributed by atoms with Gasteiger partial charge >= 0.3 is 0 Å². The summed E-state index contributed by atoms with van der Waals surface area (Å²) in [6.07, 6.45) is 3.31. The van der Waals surface area contributed by atoms with E-state index in [1.54, 1.807) is 35.3 Å². The molecule has 0 bridgehead atoms. The number of hydrogen-bond donors (Lipinski definition) is 1. The summed E-state index contributed by atoms with van der Waals surface area (Å²) in [5.41, 5.74) is 2.59. The van der Waals surface area contributed by atoms with Gasteiger partial charge in [-0.1, -0.05) is 18.2 Å². The van der Waals surface area contributed by atoms with Crippen molar-refractivity contribution in [2.75, 3.05) is 5.75 Å². The summed E-state index contributed by atoms with van der Waals surface area (Å²) >= 11 is 0. The molecule has 8 heteroatoms. The molecule has 0 saturated heterocycles. The van der Waals surface area contributed by atoms with Gasteiger partial charge in [0.15, 0.2) is 9.84 Å². The average molecular weight is 384 g/mol. The maximum atomic E-state index is 12.2. The molecule has 1 amide bonds. The van der Waals surface area contributed by atoms with Crippen LogP contribution in [0.5, 0.6) is 0 Å². The first-order valence-electron chi connectivity index (χ1n) is 8.43. The van der Waals surface area contributed by atoms with Gasteiger partial charge in [0.2, 0.25) is 5.91 Å². The second-order valence-electron chi connectivity index (χ2n) is 6.04. The first-order chi connectivity index (χ1) is 13.0. The van der Waals surface area contributed by atoms with E-state index >= 15 is 0 Å². The fourth-order valence-electron chi connectivity index (χ4n) is 2.66. The zero-order valence-corrected chi connectivity index (χ0v) is 15.7. The smallest absolute Gasteiger partial charge is 0.221 e. The molecule has 0 aliphatic rings. The molecule has 2 heterocycles. The van der Waals surface area contributed by atoms with Crippen molar-refractivity contribution in [2.45, 2.75) is 17.9 Å². The van der Waals surface area contributed by atoms with Crippen molar-refractivity contribution in [3.05, 3.63) is 66.6 Å². The summed E-state index contributed by atoms with van der Waals surface area (Å²) < 4.78 is 26.2. The van der Waals surface area contributed by atoms with E-state index in [0.717, 1.165) is 11.3 Å². The largest absolute Gasteiger partial charge is 0.350 e. The molecule has 0 radical (unpaired) electrons. The van der Waals surface area contributed by atoms with Crippen molar-refractivity contribution < 1.29 is 13.2 Å². The Morgan fingerprint density at radius 2 is 1.81 bits per heavy atom. The number of aromatic nitrogens is 3. The standard InChI is InChI=1S/C19H20N4O3S/c1-23-18(15-7-10-20-11-8-15)13-16(22-23)14-21-19(24)9-12-27(25,26)17-5-3-2-4-6-17/h2-8,10-11,13H,9,12,14H2,1H3,(H,21,24). The van der Waals surface area contributed by atoms with Gasteiger partial charge in [-0.25, -0.2) is 8.42 Å². The van der Waals surface area contributed by atoms with Crippen LogP contribution in [0.15, 0.2) is 65.8 Å². The van der Waals surface area contributed by atoms with Crippen LogP contribution in [0.1, 0.15) is 12.1 Å². The van der Waals surface area contributed by atoms with Crippen molar-refractivity contribution in [1.82, 2.24) is 20.1 Å². The van der Waals surface area contributed by atoms with Gasteiger partial charge in [0.25, 0.3) is 0 Å². The molecule has 0 unspecified atom stereocenters. The number of benzene rings is 1. The normalized spacial score (nSPS) is 11.3. The number of rotatable bonds is 7. The van der Waals surface area contributed by atoms with Gasteiger partial charge in [-0.2, -0.15) is 5.10 Å². The third kappa shape index (κ3) is 4.79. The van der Waals surface area contributed by atoms with Crippen LogP contribution in [0, 0.1) is 0 Å². The zero-order chi connectivity index (χ0) is 19.3. The second-order valence-corrected chi connectivity index (χ2v) is 8.15. The van der Waals surface area contributed by atoms with Crippen LogP contribution in [0.25, 0.3) is 11.3 Å². The Bertz CT molecular complexity index is 1020. The van der Waals surface area contributed by atoms with E-state index in [4.69, 9.17) is 0 Å². The highest BCUT2D eigenvalue weighted by molar-refractivity contribution is 7.91. The van der Waals surface area contributed by atoms with E-state index in [9.17, 15) is 13.2 Å². The molecular weight excluding hydrogens is 364 g/mol. The number of pyridine rings is 1. The molecule has 27 heavy (non-hydrogen) atoms. The van der Waals surface area contributed by atoms with Crippen LogP contribution in [0.3, 0.4) is 0 Å². The van der Waals surface area contributed by atoms with Crippen molar-refractivity contribution >= 4 is 15.7 Å². The Morgan fingerprint density at radius 1 is 1.11 bits per heavy atom. The zero-order valence-electron chi connectivity index (χ0n) is 14.9. The molecule has 0 aliphatic carbocycles. The van der Waals surface area contributed by atoms with Crippen LogP contribution >= 0.6 is 0 Å². The van der Waals surface area contributed by atoms with Crippen LogP contribution in [0.4, 0.5) is 0 Å². The van der Waals surface area contributed by atoms with Crippen molar-refractivity contribution in [1.29, 1.82) is 0 Å². The number of amides is 1. The van der Waals surface area contributed by atoms with E-state index in [1.807, 2.05) is 25.2 Å². The van der Waals surface area contributed by atoms with Crippen molar-refractivity contribution in [3.63, 3.8) is 0 Å². The fourth-order valence-corrected chi connectivity index (χ4v) is 3.92. The molecule has 0 saturated carbocycles. The summed E-state index contributed by atoms with van der Waals surface area (Å²) in [6.45, 7) is 0.239. The predicted octanol–water partition coefficient (Wildman–Crippen LogP) is 1.96.